The van der Waals surface area contributed by atoms with Crippen LogP contribution in [0.15, 0.2) is 48.7 Å². The molecule has 1 N–H and O–H groups in total. The molecular formula is C21H20FN3O2. The minimum atomic E-state index is -0.601. The van der Waals surface area contributed by atoms with Gasteiger partial charge >= 0.3 is 0 Å². The number of benzene rings is 2. The summed E-state index contributed by atoms with van der Waals surface area (Å²) in [5.74, 6) is -1.57. The zero-order valence-electron chi connectivity index (χ0n) is 15.0. The molecule has 0 atom stereocenters. The van der Waals surface area contributed by atoms with E-state index in [0.29, 0.717) is 37.1 Å². The standard InChI is InChI=1S/C21H20FN3O2/c1-14-3-2-4-16(11-14)24-7-9-25(10-8-24)21(27)20(26)18-13-23-19-6-5-15(22)12-17(18)19/h2-6,11-13,23H,7-10H2,1H3. The fourth-order valence-electron chi connectivity index (χ4n) is 3.53. The van der Waals surface area contributed by atoms with E-state index in [1.165, 1.54) is 23.9 Å². The number of fused-ring (bicyclic) bond motifs is 1. The summed E-state index contributed by atoms with van der Waals surface area (Å²) in [7, 11) is 0. The first-order valence-corrected chi connectivity index (χ1v) is 8.95. The average molecular weight is 365 g/mol. The lowest BCUT2D eigenvalue weighted by Gasteiger charge is -2.35. The van der Waals surface area contributed by atoms with Crippen LogP contribution in [0, 0.1) is 12.7 Å². The normalized spacial score (nSPS) is 14.6. The molecule has 4 rings (SSSR count). The number of aromatic nitrogens is 1. The van der Waals surface area contributed by atoms with E-state index in [1.807, 2.05) is 19.1 Å². The number of Topliss-reactive ketones (excluding diaryl/α,β-unsaturated/α-hetero) is 1. The Bertz CT molecular complexity index is 1020. The molecule has 0 unspecified atom stereocenters. The van der Waals surface area contributed by atoms with E-state index in [4.69, 9.17) is 0 Å². The molecule has 2 heterocycles. The van der Waals surface area contributed by atoms with Crippen LogP contribution in [0.25, 0.3) is 10.9 Å². The third-order valence-corrected chi connectivity index (χ3v) is 5.02. The minimum absolute atomic E-state index is 0.218. The molecule has 1 amide bonds. The second-order valence-corrected chi connectivity index (χ2v) is 6.84. The molecule has 3 aromatic rings. The molecule has 5 nitrogen and oxygen atoms in total. The van der Waals surface area contributed by atoms with Gasteiger partial charge in [0.15, 0.2) is 0 Å². The van der Waals surface area contributed by atoms with Crippen molar-refractivity contribution in [1.82, 2.24) is 9.88 Å². The highest BCUT2D eigenvalue weighted by molar-refractivity contribution is 6.44. The summed E-state index contributed by atoms with van der Waals surface area (Å²) in [6.07, 6.45) is 1.48. The number of rotatable bonds is 3. The number of carbonyl (C=O) groups excluding carboxylic acids is 2. The van der Waals surface area contributed by atoms with Gasteiger partial charge in [0, 0.05) is 49.0 Å². The van der Waals surface area contributed by atoms with E-state index >= 15 is 0 Å². The van der Waals surface area contributed by atoms with Gasteiger partial charge in [-0.3, -0.25) is 9.59 Å². The number of ketones is 1. The molecule has 1 aliphatic heterocycles. The van der Waals surface area contributed by atoms with Crippen LogP contribution in [0.1, 0.15) is 15.9 Å². The summed E-state index contributed by atoms with van der Waals surface area (Å²) in [4.78, 5) is 32.1. The molecule has 2 aromatic carbocycles. The number of piperazine rings is 1. The van der Waals surface area contributed by atoms with Crippen molar-refractivity contribution in [2.45, 2.75) is 6.92 Å². The van der Waals surface area contributed by atoms with Gasteiger partial charge in [-0.2, -0.15) is 0 Å². The van der Waals surface area contributed by atoms with Gasteiger partial charge < -0.3 is 14.8 Å². The van der Waals surface area contributed by atoms with Crippen LogP contribution >= 0.6 is 0 Å². The highest BCUT2D eigenvalue weighted by atomic mass is 19.1. The number of amides is 1. The predicted octanol–water partition coefficient (Wildman–Crippen LogP) is 3.15. The van der Waals surface area contributed by atoms with Gasteiger partial charge in [-0.05, 0) is 42.8 Å². The van der Waals surface area contributed by atoms with E-state index in [0.717, 1.165) is 5.69 Å². The van der Waals surface area contributed by atoms with E-state index < -0.39 is 17.5 Å². The number of anilines is 1. The largest absolute Gasteiger partial charge is 0.368 e. The van der Waals surface area contributed by atoms with Gasteiger partial charge in [0.1, 0.15) is 5.82 Å². The lowest BCUT2D eigenvalue weighted by molar-refractivity contribution is -0.126. The fraction of sp³-hybridized carbons (Fsp3) is 0.238. The maximum atomic E-state index is 13.5. The second-order valence-electron chi connectivity index (χ2n) is 6.84. The zero-order valence-corrected chi connectivity index (χ0v) is 15.0. The quantitative estimate of drug-likeness (QED) is 0.573. The first-order chi connectivity index (χ1) is 13.0. The van der Waals surface area contributed by atoms with E-state index in [9.17, 15) is 14.0 Å². The van der Waals surface area contributed by atoms with Crippen LogP contribution in [0.3, 0.4) is 0 Å². The van der Waals surface area contributed by atoms with Crippen LogP contribution in [0.2, 0.25) is 0 Å². The molecule has 1 fully saturated rings. The van der Waals surface area contributed by atoms with Crippen molar-refractivity contribution in [3.05, 3.63) is 65.6 Å². The number of H-pyrrole nitrogens is 1. The van der Waals surface area contributed by atoms with Gasteiger partial charge in [-0.15, -0.1) is 0 Å². The Hall–Kier alpha value is -3.15. The van der Waals surface area contributed by atoms with Crippen LogP contribution in [-0.4, -0.2) is 47.8 Å². The molecule has 0 aliphatic carbocycles. The number of aryl methyl sites for hydroxylation is 1. The highest BCUT2D eigenvalue weighted by Gasteiger charge is 2.28. The van der Waals surface area contributed by atoms with Crippen molar-refractivity contribution >= 4 is 28.3 Å². The molecule has 1 aliphatic rings. The SMILES string of the molecule is Cc1cccc(N2CCN(C(=O)C(=O)c3c[nH]c4ccc(F)cc34)CC2)c1. The third-order valence-electron chi connectivity index (χ3n) is 5.02. The topological polar surface area (TPSA) is 56.4 Å². The molecule has 6 heteroatoms. The van der Waals surface area contributed by atoms with Crippen molar-refractivity contribution in [3.63, 3.8) is 0 Å². The Labute approximate surface area is 156 Å². The highest BCUT2D eigenvalue weighted by Crippen LogP contribution is 2.22. The average Bonchev–Trinajstić information content (AvgIpc) is 3.10. The van der Waals surface area contributed by atoms with Gasteiger partial charge in [-0.25, -0.2) is 4.39 Å². The molecule has 0 spiro atoms. The van der Waals surface area contributed by atoms with Gasteiger partial charge in [0.25, 0.3) is 11.7 Å². The number of nitrogens with one attached hydrogen (secondary N) is 1. The summed E-state index contributed by atoms with van der Waals surface area (Å²) < 4.78 is 13.5. The number of carbonyl (C=O) groups is 2. The molecule has 27 heavy (non-hydrogen) atoms. The Morgan fingerprint density at radius 2 is 1.81 bits per heavy atom. The Morgan fingerprint density at radius 1 is 1.04 bits per heavy atom. The van der Waals surface area contributed by atoms with Crippen LogP contribution < -0.4 is 4.90 Å². The lowest BCUT2D eigenvalue weighted by Crippen LogP contribution is -2.50. The number of halogens is 1. The summed E-state index contributed by atoms with van der Waals surface area (Å²) in [6.45, 7) is 4.35. The molecule has 0 bridgehead atoms. The third kappa shape index (κ3) is 3.30. The Morgan fingerprint density at radius 3 is 2.56 bits per heavy atom. The second kappa shape index (κ2) is 6.87. The van der Waals surface area contributed by atoms with E-state index in [1.54, 1.807) is 11.0 Å². The maximum Gasteiger partial charge on any atom is 0.295 e. The van der Waals surface area contributed by atoms with Crippen molar-refractivity contribution < 1.29 is 14.0 Å². The van der Waals surface area contributed by atoms with Gasteiger partial charge in [0.2, 0.25) is 0 Å². The molecular weight excluding hydrogens is 345 g/mol. The smallest absolute Gasteiger partial charge is 0.295 e. The number of hydrogen-bond donors (Lipinski definition) is 1. The van der Waals surface area contributed by atoms with E-state index in [2.05, 4.69) is 22.0 Å². The fourth-order valence-corrected chi connectivity index (χ4v) is 3.53. The molecule has 138 valence electrons. The van der Waals surface area contributed by atoms with Crippen molar-refractivity contribution in [2.24, 2.45) is 0 Å². The number of aromatic amines is 1. The summed E-state index contributed by atoms with van der Waals surface area (Å²) in [5.41, 5.74) is 3.17. The summed E-state index contributed by atoms with van der Waals surface area (Å²) in [5, 5.41) is 0.437. The Balaban J connectivity index is 1.47. The number of nitrogens with zero attached hydrogens (tertiary/aromatic N) is 2. The summed E-state index contributed by atoms with van der Waals surface area (Å²) >= 11 is 0. The zero-order chi connectivity index (χ0) is 19.0. The van der Waals surface area contributed by atoms with Gasteiger partial charge in [0.05, 0.1) is 5.56 Å². The van der Waals surface area contributed by atoms with Crippen molar-refractivity contribution in [3.8, 4) is 0 Å². The molecule has 1 aromatic heterocycles. The number of hydrogen-bond acceptors (Lipinski definition) is 3. The first kappa shape index (κ1) is 17.3. The predicted molar refractivity (Wildman–Crippen MR) is 103 cm³/mol. The van der Waals surface area contributed by atoms with Crippen LogP contribution in [0.4, 0.5) is 10.1 Å². The Kier molecular flexibility index (Phi) is 4.39. The summed E-state index contributed by atoms with van der Waals surface area (Å²) in [6, 6.07) is 12.4. The van der Waals surface area contributed by atoms with E-state index in [-0.39, 0.29) is 5.56 Å². The van der Waals surface area contributed by atoms with Crippen LogP contribution in [0.5, 0.6) is 0 Å². The molecule has 1 saturated heterocycles. The van der Waals surface area contributed by atoms with Crippen molar-refractivity contribution in [1.29, 1.82) is 0 Å². The maximum absolute atomic E-state index is 13.5. The monoisotopic (exact) mass is 365 g/mol. The lowest BCUT2D eigenvalue weighted by atomic mass is 10.1. The van der Waals surface area contributed by atoms with Crippen LogP contribution in [-0.2, 0) is 4.79 Å². The molecule has 0 saturated carbocycles. The van der Waals surface area contributed by atoms with Gasteiger partial charge in [-0.1, -0.05) is 12.1 Å². The minimum Gasteiger partial charge on any atom is -0.368 e. The first-order valence-electron chi connectivity index (χ1n) is 8.95. The molecule has 0 radical (unpaired) electrons. The van der Waals surface area contributed by atoms with Crippen molar-refractivity contribution in [2.75, 3.05) is 31.1 Å².